The Hall–Kier alpha value is -2.21. The lowest BCUT2D eigenvalue weighted by Crippen LogP contribution is -1.94. The van der Waals surface area contributed by atoms with Crippen LogP contribution in [-0.4, -0.2) is 16.1 Å². The lowest BCUT2D eigenvalue weighted by atomic mass is 10.2. The molecule has 0 bridgehead atoms. The second-order valence-electron chi connectivity index (χ2n) is 4.11. The third-order valence-electron chi connectivity index (χ3n) is 2.82. The predicted molar refractivity (Wildman–Crippen MR) is 74.1 cm³/mol. The number of halogens is 2. The highest BCUT2D eigenvalue weighted by Gasteiger charge is 2.15. The van der Waals surface area contributed by atoms with E-state index in [9.17, 15) is 9.18 Å². The van der Waals surface area contributed by atoms with Crippen molar-refractivity contribution in [3.05, 3.63) is 52.3 Å². The number of carbonyl (C=O) groups is 1. The Morgan fingerprint density at radius 2 is 2.10 bits per heavy atom. The quantitative estimate of drug-likeness (QED) is 0.765. The average molecular weight is 336 g/mol. The van der Waals surface area contributed by atoms with Gasteiger partial charge in [-0.2, -0.15) is 0 Å². The molecule has 0 unspecified atom stereocenters. The minimum atomic E-state index is -1.04. The standard InChI is InChI=1S/C14H7BrFNO3/c15-12-8(2-1-3-9(12)16)13-17-10-5-4-7(14(18)19)6-11(10)20-13/h1-6H,(H,18,19). The van der Waals surface area contributed by atoms with Crippen molar-refractivity contribution in [2.75, 3.05) is 0 Å². The molecule has 0 aliphatic rings. The number of oxazole rings is 1. The first-order chi connectivity index (χ1) is 9.56. The van der Waals surface area contributed by atoms with Gasteiger partial charge in [-0.1, -0.05) is 6.07 Å². The lowest BCUT2D eigenvalue weighted by molar-refractivity contribution is 0.0697. The van der Waals surface area contributed by atoms with E-state index in [4.69, 9.17) is 9.52 Å². The van der Waals surface area contributed by atoms with Crippen LogP contribution in [0.5, 0.6) is 0 Å². The summed E-state index contributed by atoms with van der Waals surface area (Å²) in [7, 11) is 0. The number of aromatic carboxylic acids is 1. The molecule has 0 aliphatic carbocycles. The molecule has 20 heavy (non-hydrogen) atoms. The first-order valence-electron chi connectivity index (χ1n) is 5.64. The van der Waals surface area contributed by atoms with Crippen LogP contribution in [-0.2, 0) is 0 Å². The molecule has 0 saturated carbocycles. The van der Waals surface area contributed by atoms with Gasteiger partial charge in [-0.15, -0.1) is 0 Å². The molecule has 0 radical (unpaired) electrons. The molecule has 1 N–H and O–H groups in total. The van der Waals surface area contributed by atoms with Crippen LogP contribution in [0.3, 0.4) is 0 Å². The summed E-state index contributed by atoms with van der Waals surface area (Å²) < 4.78 is 19.3. The van der Waals surface area contributed by atoms with Gasteiger partial charge >= 0.3 is 5.97 Å². The molecule has 3 rings (SSSR count). The van der Waals surface area contributed by atoms with Crippen LogP contribution in [0, 0.1) is 5.82 Å². The molecule has 0 atom stereocenters. The molecule has 6 heteroatoms. The number of fused-ring (bicyclic) bond motifs is 1. The topological polar surface area (TPSA) is 63.3 Å². The Balaban J connectivity index is 2.18. The van der Waals surface area contributed by atoms with Gasteiger partial charge in [-0.25, -0.2) is 14.2 Å². The smallest absolute Gasteiger partial charge is 0.335 e. The highest BCUT2D eigenvalue weighted by molar-refractivity contribution is 9.10. The first-order valence-corrected chi connectivity index (χ1v) is 6.44. The molecule has 0 spiro atoms. The van der Waals surface area contributed by atoms with Gasteiger partial charge in [0.1, 0.15) is 11.3 Å². The van der Waals surface area contributed by atoms with Crippen molar-refractivity contribution in [2.24, 2.45) is 0 Å². The summed E-state index contributed by atoms with van der Waals surface area (Å²) in [6.45, 7) is 0. The van der Waals surface area contributed by atoms with E-state index in [2.05, 4.69) is 20.9 Å². The highest BCUT2D eigenvalue weighted by atomic mass is 79.9. The zero-order chi connectivity index (χ0) is 14.3. The van der Waals surface area contributed by atoms with E-state index in [-0.39, 0.29) is 15.9 Å². The van der Waals surface area contributed by atoms with Crippen LogP contribution in [0.15, 0.2) is 45.3 Å². The van der Waals surface area contributed by atoms with Gasteiger partial charge in [0.05, 0.1) is 15.6 Å². The lowest BCUT2D eigenvalue weighted by Gasteiger charge is -1.99. The molecular weight excluding hydrogens is 329 g/mol. The fraction of sp³-hybridized carbons (Fsp3) is 0. The van der Waals surface area contributed by atoms with Gasteiger partial charge in [0, 0.05) is 0 Å². The molecule has 1 aromatic heterocycles. The number of nitrogens with zero attached hydrogens (tertiary/aromatic N) is 1. The normalized spacial score (nSPS) is 10.9. The molecule has 100 valence electrons. The number of rotatable bonds is 2. The number of carboxylic acids is 1. The SMILES string of the molecule is O=C(O)c1ccc2nc(-c3cccc(F)c3Br)oc2c1. The van der Waals surface area contributed by atoms with E-state index in [1.54, 1.807) is 18.2 Å². The Kier molecular flexibility index (Phi) is 3.02. The number of aromatic nitrogens is 1. The third-order valence-corrected chi connectivity index (χ3v) is 3.62. The van der Waals surface area contributed by atoms with Crippen LogP contribution < -0.4 is 0 Å². The predicted octanol–water partition coefficient (Wildman–Crippen LogP) is 4.09. The largest absolute Gasteiger partial charge is 0.478 e. The number of benzene rings is 2. The molecule has 3 aromatic rings. The van der Waals surface area contributed by atoms with E-state index >= 15 is 0 Å². The summed E-state index contributed by atoms with van der Waals surface area (Å²) in [6.07, 6.45) is 0. The van der Waals surface area contributed by atoms with Gasteiger partial charge in [-0.3, -0.25) is 0 Å². The Morgan fingerprint density at radius 3 is 2.85 bits per heavy atom. The fourth-order valence-corrected chi connectivity index (χ4v) is 2.28. The highest BCUT2D eigenvalue weighted by Crippen LogP contribution is 2.32. The molecule has 0 fully saturated rings. The van der Waals surface area contributed by atoms with E-state index < -0.39 is 11.8 Å². The molecule has 1 heterocycles. The van der Waals surface area contributed by atoms with Crippen molar-refractivity contribution >= 4 is 33.0 Å². The van der Waals surface area contributed by atoms with Crippen LogP contribution in [0.2, 0.25) is 0 Å². The maximum Gasteiger partial charge on any atom is 0.335 e. The maximum atomic E-state index is 13.5. The summed E-state index contributed by atoms with van der Waals surface area (Å²) in [4.78, 5) is 15.1. The van der Waals surface area contributed by atoms with E-state index in [0.717, 1.165) is 0 Å². The van der Waals surface area contributed by atoms with Crippen molar-refractivity contribution in [1.29, 1.82) is 0 Å². The number of carboxylic acid groups (broad SMARTS) is 1. The molecule has 0 saturated heterocycles. The van der Waals surface area contributed by atoms with Crippen molar-refractivity contribution in [1.82, 2.24) is 4.98 Å². The summed E-state index contributed by atoms with van der Waals surface area (Å²) in [6, 6.07) is 8.92. The van der Waals surface area contributed by atoms with Gasteiger partial charge < -0.3 is 9.52 Å². The van der Waals surface area contributed by atoms with E-state index in [1.165, 1.54) is 18.2 Å². The van der Waals surface area contributed by atoms with Gasteiger partial charge in [0.2, 0.25) is 5.89 Å². The van der Waals surface area contributed by atoms with E-state index in [0.29, 0.717) is 16.7 Å². The Bertz CT molecular complexity index is 828. The number of hydrogen-bond acceptors (Lipinski definition) is 3. The van der Waals surface area contributed by atoms with Crippen molar-refractivity contribution in [3.8, 4) is 11.5 Å². The monoisotopic (exact) mass is 335 g/mol. The van der Waals surface area contributed by atoms with Crippen molar-refractivity contribution in [3.63, 3.8) is 0 Å². The molecule has 0 amide bonds. The average Bonchev–Trinajstić information content (AvgIpc) is 2.84. The summed E-state index contributed by atoms with van der Waals surface area (Å²) in [5.74, 6) is -1.23. The van der Waals surface area contributed by atoms with Gasteiger partial charge in [-0.05, 0) is 46.3 Å². The van der Waals surface area contributed by atoms with Gasteiger partial charge in [0.25, 0.3) is 0 Å². The van der Waals surface area contributed by atoms with Crippen LogP contribution >= 0.6 is 15.9 Å². The van der Waals surface area contributed by atoms with E-state index in [1.807, 2.05) is 0 Å². The third kappa shape index (κ3) is 2.08. The Labute approximate surface area is 121 Å². The van der Waals surface area contributed by atoms with Crippen LogP contribution in [0.25, 0.3) is 22.6 Å². The van der Waals surface area contributed by atoms with Crippen molar-refractivity contribution in [2.45, 2.75) is 0 Å². The number of hydrogen-bond donors (Lipinski definition) is 1. The maximum absolute atomic E-state index is 13.5. The first kappa shape index (κ1) is 12.8. The summed E-state index contributed by atoms with van der Waals surface area (Å²) >= 11 is 3.14. The molecular formula is C14H7BrFNO3. The van der Waals surface area contributed by atoms with Gasteiger partial charge in [0.15, 0.2) is 5.58 Å². The van der Waals surface area contributed by atoms with Crippen molar-refractivity contribution < 1.29 is 18.7 Å². The van der Waals surface area contributed by atoms with Crippen LogP contribution in [0.1, 0.15) is 10.4 Å². The summed E-state index contributed by atoms with van der Waals surface area (Å²) in [5, 5.41) is 8.93. The minimum Gasteiger partial charge on any atom is -0.478 e. The zero-order valence-corrected chi connectivity index (χ0v) is 11.5. The molecule has 4 nitrogen and oxygen atoms in total. The second-order valence-corrected chi connectivity index (χ2v) is 4.90. The second kappa shape index (κ2) is 4.72. The zero-order valence-electron chi connectivity index (χ0n) is 9.93. The summed E-state index contributed by atoms with van der Waals surface area (Å²) in [5.41, 5.74) is 1.44. The molecule has 0 aliphatic heterocycles. The minimum absolute atomic E-state index is 0.110. The van der Waals surface area contributed by atoms with Crippen LogP contribution in [0.4, 0.5) is 4.39 Å². The Morgan fingerprint density at radius 1 is 1.30 bits per heavy atom. The molecule has 2 aromatic carbocycles. The fourth-order valence-electron chi connectivity index (χ4n) is 1.84.